The number of rotatable bonds is 4. The standard InChI is InChI=1S/C17H22N6O/c1-22(2)16-14(5-3-9-18-16)17(24)23-11-7-13(8-12-23)20-15-6-4-10-19-21-15/h3-6,9-10,13H,7-8,11-12H2,1-2H3,(H,20,21). The van der Waals surface area contributed by atoms with E-state index in [2.05, 4.69) is 20.5 Å². The van der Waals surface area contributed by atoms with Crippen LogP contribution in [0, 0.1) is 0 Å². The summed E-state index contributed by atoms with van der Waals surface area (Å²) in [5.41, 5.74) is 0.655. The summed E-state index contributed by atoms with van der Waals surface area (Å²) in [6, 6.07) is 7.73. The number of carbonyl (C=O) groups is 1. The van der Waals surface area contributed by atoms with E-state index in [1.807, 2.05) is 48.2 Å². The third kappa shape index (κ3) is 3.61. The molecule has 1 aliphatic heterocycles. The van der Waals surface area contributed by atoms with E-state index >= 15 is 0 Å². The van der Waals surface area contributed by atoms with Gasteiger partial charge in [-0.2, -0.15) is 5.10 Å². The molecule has 1 fully saturated rings. The third-order valence-corrected chi connectivity index (χ3v) is 4.15. The van der Waals surface area contributed by atoms with Crippen LogP contribution in [0.25, 0.3) is 0 Å². The third-order valence-electron chi connectivity index (χ3n) is 4.15. The van der Waals surface area contributed by atoms with Gasteiger partial charge in [0, 0.05) is 45.6 Å². The molecule has 0 bridgehead atoms. The van der Waals surface area contributed by atoms with Crippen LogP contribution in [0.3, 0.4) is 0 Å². The summed E-state index contributed by atoms with van der Waals surface area (Å²) < 4.78 is 0. The largest absolute Gasteiger partial charge is 0.366 e. The smallest absolute Gasteiger partial charge is 0.257 e. The van der Waals surface area contributed by atoms with E-state index in [9.17, 15) is 4.79 Å². The Hall–Kier alpha value is -2.70. The van der Waals surface area contributed by atoms with Crippen LogP contribution < -0.4 is 10.2 Å². The molecule has 0 spiro atoms. The molecule has 24 heavy (non-hydrogen) atoms. The first-order chi connectivity index (χ1) is 11.6. The molecular weight excluding hydrogens is 304 g/mol. The predicted octanol–water partition coefficient (Wildman–Crippen LogP) is 1.65. The summed E-state index contributed by atoms with van der Waals surface area (Å²) in [5.74, 6) is 1.54. The number of piperidine rings is 1. The van der Waals surface area contributed by atoms with Gasteiger partial charge in [0.05, 0.1) is 5.56 Å². The maximum absolute atomic E-state index is 12.8. The van der Waals surface area contributed by atoms with E-state index in [1.165, 1.54) is 0 Å². The first-order valence-corrected chi connectivity index (χ1v) is 8.11. The Labute approximate surface area is 141 Å². The highest BCUT2D eigenvalue weighted by molar-refractivity contribution is 5.98. The molecule has 0 radical (unpaired) electrons. The molecule has 1 saturated heterocycles. The summed E-state index contributed by atoms with van der Waals surface area (Å²) in [7, 11) is 3.80. The lowest BCUT2D eigenvalue weighted by molar-refractivity contribution is 0.0718. The maximum atomic E-state index is 12.8. The average Bonchev–Trinajstić information content (AvgIpc) is 2.62. The van der Waals surface area contributed by atoms with Crippen molar-refractivity contribution in [3.63, 3.8) is 0 Å². The number of nitrogens with zero attached hydrogens (tertiary/aromatic N) is 5. The Morgan fingerprint density at radius 1 is 1.21 bits per heavy atom. The molecule has 0 atom stereocenters. The van der Waals surface area contributed by atoms with Gasteiger partial charge in [-0.3, -0.25) is 4.79 Å². The maximum Gasteiger partial charge on any atom is 0.257 e. The fourth-order valence-corrected chi connectivity index (χ4v) is 2.91. The van der Waals surface area contributed by atoms with Gasteiger partial charge in [-0.15, -0.1) is 5.10 Å². The van der Waals surface area contributed by atoms with E-state index in [-0.39, 0.29) is 5.91 Å². The second-order valence-corrected chi connectivity index (χ2v) is 6.09. The average molecular weight is 326 g/mol. The highest BCUT2D eigenvalue weighted by atomic mass is 16.2. The zero-order valence-electron chi connectivity index (χ0n) is 14.0. The van der Waals surface area contributed by atoms with Gasteiger partial charge in [0.25, 0.3) is 5.91 Å². The van der Waals surface area contributed by atoms with Gasteiger partial charge >= 0.3 is 0 Å². The van der Waals surface area contributed by atoms with E-state index in [1.54, 1.807) is 12.4 Å². The zero-order chi connectivity index (χ0) is 16.9. The molecule has 3 heterocycles. The van der Waals surface area contributed by atoms with Gasteiger partial charge in [0.1, 0.15) is 11.6 Å². The van der Waals surface area contributed by atoms with E-state index in [0.29, 0.717) is 17.4 Å². The Balaban J connectivity index is 1.61. The number of pyridine rings is 1. The van der Waals surface area contributed by atoms with E-state index < -0.39 is 0 Å². The quantitative estimate of drug-likeness (QED) is 0.921. The minimum absolute atomic E-state index is 0.0461. The van der Waals surface area contributed by atoms with Crippen LogP contribution in [0.15, 0.2) is 36.7 Å². The van der Waals surface area contributed by atoms with Crippen molar-refractivity contribution >= 4 is 17.5 Å². The summed E-state index contributed by atoms with van der Waals surface area (Å²) in [4.78, 5) is 20.9. The minimum Gasteiger partial charge on any atom is -0.366 e. The molecule has 3 rings (SSSR count). The van der Waals surface area contributed by atoms with Crippen LogP contribution in [0.1, 0.15) is 23.2 Å². The minimum atomic E-state index is 0.0461. The van der Waals surface area contributed by atoms with E-state index in [4.69, 9.17) is 0 Å². The molecule has 0 aromatic carbocycles. The van der Waals surface area contributed by atoms with Crippen LogP contribution in [0.4, 0.5) is 11.6 Å². The number of aromatic nitrogens is 3. The Bertz CT molecular complexity index is 682. The van der Waals surface area contributed by atoms with Crippen molar-refractivity contribution in [1.82, 2.24) is 20.1 Å². The molecule has 2 aromatic rings. The van der Waals surface area contributed by atoms with Crippen molar-refractivity contribution in [3.05, 3.63) is 42.2 Å². The molecule has 0 unspecified atom stereocenters. The Kier molecular flexibility index (Phi) is 4.88. The van der Waals surface area contributed by atoms with Crippen molar-refractivity contribution in [2.75, 3.05) is 37.4 Å². The highest BCUT2D eigenvalue weighted by Gasteiger charge is 2.25. The molecule has 0 aliphatic carbocycles. The summed E-state index contributed by atoms with van der Waals surface area (Å²) in [6.45, 7) is 1.44. The number of likely N-dealkylation sites (tertiary alicyclic amines) is 1. The SMILES string of the molecule is CN(C)c1ncccc1C(=O)N1CCC(Nc2cccnn2)CC1. The molecule has 7 nitrogen and oxygen atoms in total. The van der Waals surface area contributed by atoms with E-state index in [0.717, 1.165) is 31.7 Å². The number of carbonyl (C=O) groups excluding carboxylic acids is 1. The molecule has 1 aliphatic rings. The molecule has 126 valence electrons. The first-order valence-electron chi connectivity index (χ1n) is 8.11. The summed E-state index contributed by atoms with van der Waals surface area (Å²) in [6.07, 6.45) is 5.14. The van der Waals surface area contributed by atoms with Crippen LogP contribution in [-0.4, -0.2) is 59.2 Å². The Morgan fingerprint density at radius 3 is 2.62 bits per heavy atom. The van der Waals surface area contributed by atoms with Gasteiger partial charge in [0.15, 0.2) is 0 Å². The summed E-state index contributed by atoms with van der Waals surface area (Å²) in [5, 5.41) is 11.3. The molecular formula is C17H22N6O. The predicted molar refractivity (Wildman–Crippen MR) is 93.1 cm³/mol. The van der Waals surface area contributed by atoms with Crippen molar-refractivity contribution < 1.29 is 4.79 Å². The number of anilines is 2. The fraction of sp³-hybridized carbons (Fsp3) is 0.412. The first kappa shape index (κ1) is 16.2. The van der Waals surface area contributed by atoms with Gasteiger partial charge in [-0.1, -0.05) is 0 Å². The Morgan fingerprint density at radius 2 is 1.96 bits per heavy atom. The lowest BCUT2D eigenvalue weighted by atomic mass is 10.0. The topological polar surface area (TPSA) is 74.2 Å². The van der Waals surface area contributed by atoms with Crippen LogP contribution >= 0.6 is 0 Å². The second-order valence-electron chi connectivity index (χ2n) is 6.09. The van der Waals surface area contributed by atoms with Crippen LogP contribution in [0.2, 0.25) is 0 Å². The summed E-state index contributed by atoms with van der Waals surface area (Å²) >= 11 is 0. The highest BCUT2D eigenvalue weighted by Crippen LogP contribution is 2.21. The van der Waals surface area contributed by atoms with Crippen molar-refractivity contribution in [2.45, 2.75) is 18.9 Å². The second kappa shape index (κ2) is 7.25. The number of hydrogen-bond donors (Lipinski definition) is 1. The molecule has 7 heteroatoms. The lowest BCUT2D eigenvalue weighted by Gasteiger charge is -2.33. The molecule has 2 aromatic heterocycles. The van der Waals surface area contributed by atoms with Gasteiger partial charge < -0.3 is 15.1 Å². The van der Waals surface area contributed by atoms with Crippen LogP contribution in [-0.2, 0) is 0 Å². The number of amides is 1. The fourth-order valence-electron chi connectivity index (χ4n) is 2.91. The normalized spacial score (nSPS) is 15.2. The van der Waals surface area contributed by atoms with Gasteiger partial charge in [0.2, 0.25) is 0 Å². The number of nitrogens with one attached hydrogen (secondary N) is 1. The van der Waals surface area contributed by atoms with Crippen molar-refractivity contribution in [3.8, 4) is 0 Å². The number of hydrogen-bond acceptors (Lipinski definition) is 6. The van der Waals surface area contributed by atoms with Crippen molar-refractivity contribution in [2.24, 2.45) is 0 Å². The van der Waals surface area contributed by atoms with Gasteiger partial charge in [-0.05, 0) is 37.1 Å². The van der Waals surface area contributed by atoms with Crippen molar-refractivity contribution in [1.29, 1.82) is 0 Å². The zero-order valence-corrected chi connectivity index (χ0v) is 14.0. The molecule has 1 amide bonds. The monoisotopic (exact) mass is 326 g/mol. The van der Waals surface area contributed by atoms with Gasteiger partial charge in [-0.25, -0.2) is 4.98 Å². The molecule has 0 saturated carbocycles. The molecule has 1 N–H and O–H groups in total. The van der Waals surface area contributed by atoms with Crippen LogP contribution in [0.5, 0.6) is 0 Å². The lowest BCUT2D eigenvalue weighted by Crippen LogP contribution is -2.42.